The number of rotatable bonds is 5. The van der Waals surface area contributed by atoms with Crippen molar-refractivity contribution < 1.29 is 9.18 Å². The summed E-state index contributed by atoms with van der Waals surface area (Å²) in [5.74, 6) is -0.580. The largest absolute Gasteiger partial charge is 0.321 e. The molecule has 0 spiro atoms. The highest BCUT2D eigenvalue weighted by molar-refractivity contribution is 6.30. The lowest BCUT2D eigenvalue weighted by molar-refractivity contribution is -0.120. The maximum Gasteiger partial charge on any atom is 0.154 e. The van der Waals surface area contributed by atoms with Crippen LogP contribution in [0.5, 0.6) is 0 Å². The Labute approximate surface area is 106 Å². The fraction of sp³-hybridized carbons (Fsp3) is 0.462. The molecular weight excluding hydrogens is 241 g/mol. The topological polar surface area (TPSA) is 43.1 Å². The third-order valence-electron chi connectivity index (χ3n) is 3.03. The maximum absolute atomic E-state index is 13.6. The van der Waals surface area contributed by atoms with E-state index in [9.17, 15) is 9.18 Å². The summed E-state index contributed by atoms with van der Waals surface area (Å²) in [5.41, 5.74) is 6.11. The van der Waals surface area contributed by atoms with E-state index in [1.807, 2.05) is 13.8 Å². The molecule has 0 aliphatic heterocycles. The van der Waals surface area contributed by atoms with Crippen LogP contribution >= 0.6 is 11.6 Å². The van der Waals surface area contributed by atoms with Crippen LogP contribution in [-0.4, -0.2) is 11.8 Å². The molecule has 0 aromatic heterocycles. The van der Waals surface area contributed by atoms with Crippen LogP contribution in [-0.2, 0) is 11.2 Å². The van der Waals surface area contributed by atoms with E-state index in [2.05, 4.69) is 0 Å². The predicted octanol–water partition coefficient (Wildman–Crippen LogP) is 2.96. The first kappa shape index (κ1) is 14.1. The van der Waals surface area contributed by atoms with Crippen molar-refractivity contribution in [2.75, 3.05) is 0 Å². The van der Waals surface area contributed by atoms with Crippen molar-refractivity contribution in [3.63, 3.8) is 0 Å². The summed E-state index contributed by atoms with van der Waals surface area (Å²) in [4.78, 5) is 11.8. The number of benzene rings is 1. The molecule has 94 valence electrons. The van der Waals surface area contributed by atoms with E-state index in [0.29, 0.717) is 5.56 Å². The van der Waals surface area contributed by atoms with E-state index in [1.165, 1.54) is 6.07 Å². The number of carbonyl (C=O) groups excluding carboxylic acids is 1. The monoisotopic (exact) mass is 257 g/mol. The van der Waals surface area contributed by atoms with Crippen molar-refractivity contribution in [1.82, 2.24) is 0 Å². The highest BCUT2D eigenvalue weighted by atomic mass is 35.5. The van der Waals surface area contributed by atoms with Crippen molar-refractivity contribution in [1.29, 1.82) is 0 Å². The lowest BCUT2D eigenvalue weighted by Crippen LogP contribution is -2.37. The maximum atomic E-state index is 13.6. The molecule has 0 amide bonds. The Morgan fingerprint density at radius 3 is 2.76 bits per heavy atom. The van der Waals surface area contributed by atoms with Crippen LogP contribution in [0.2, 0.25) is 5.02 Å². The molecule has 1 rings (SSSR count). The zero-order chi connectivity index (χ0) is 13.0. The molecule has 2 atom stereocenters. The van der Waals surface area contributed by atoms with Gasteiger partial charge in [0.15, 0.2) is 5.78 Å². The van der Waals surface area contributed by atoms with Crippen molar-refractivity contribution in [2.24, 2.45) is 11.7 Å². The zero-order valence-electron chi connectivity index (χ0n) is 10.0. The average molecular weight is 258 g/mol. The number of halogens is 2. The van der Waals surface area contributed by atoms with E-state index >= 15 is 0 Å². The normalized spacial score (nSPS) is 14.4. The van der Waals surface area contributed by atoms with Gasteiger partial charge in [-0.3, -0.25) is 4.79 Å². The summed E-state index contributed by atoms with van der Waals surface area (Å²) in [7, 11) is 0. The van der Waals surface area contributed by atoms with E-state index < -0.39 is 11.9 Å². The Morgan fingerprint density at radius 2 is 2.18 bits per heavy atom. The lowest BCUT2D eigenvalue weighted by Gasteiger charge is -2.17. The molecule has 0 saturated carbocycles. The number of hydrogen-bond donors (Lipinski definition) is 1. The smallest absolute Gasteiger partial charge is 0.154 e. The number of Topliss-reactive ketones (excluding diaryl/α,β-unsaturated/α-hetero) is 1. The second-order valence-corrected chi connectivity index (χ2v) is 4.67. The molecule has 2 nitrogen and oxygen atoms in total. The number of carbonyl (C=O) groups is 1. The minimum Gasteiger partial charge on any atom is -0.321 e. The van der Waals surface area contributed by atoms with Gasteiger partial charge in [-0.25, -0.2) is 4.39 Å². The van der Waals surface area contributed by atoms with Gasteiger partial charge in [-0.05, 0) is 17.5 Å². The van der Waals surface area contributed by atoms with E-state index in [0.717, 1.165) is 6.42 Å². The first-order valence-corrected chi connectivity index (χ1v) is 6.06. The minimum absolute atomic E-state index is 0.00208. The number of hydrogen-bond acceptors (Lipinski definition) is 2. The fourth-order valence-corrected chi connectivity index (χ4v) is 1.76. The lowest BCUT2D eigenvalue weighted by atomic mass is 9.93. The molecule has 4 heteroatoms. The quantitative estimate of drug-likeness (QED) is 0.881. The second-order valence-electron chi connectivity index (χ2n) is 4.27. The summed E-state index contributed by atoms with van der Waals surface area (Å²) in [6, 6.07) is 4.10. The number of nitrogens with two attached hydrogens (primary N) is 1. The van der Waals surface area contributed by atoms with Crippen LogP contribution in [0.4, 0.5) is 4.39 Å². The molecule has 1 aromatic carbocycles. The van der Waals surface area contributed by atoms with Crippen LogP contribution in [0.3, 0.4) is 0 Å². The van der Waals surface area contributed by atoms with Crippen molar-refractivity contribution >= 4 is 17.4 Å². The summed E-state index contributed by atoms with van der Waals surface area (Å²) >= 11 is 5.65. The van der Waals surface area contributed by atoms with Gasteiger partial charge >= 0.3 is 0 Å². The van der Waals surface area contributed by atoms with E-state index in [1.54, 1.807) is 12.1 Å². The fourth-order valence-electron chi connectivity index (χ4n) is 1.56. The van der Waals surface area contributed by atoms with Crippen molar-refractivity contribution in [2.45, 2.75) is 32.7 Å². The predicted molar refractivity (Wildman–Crippen MR) is 67.6 cm³/mol. The Bertz CT molecular complexity index is 408. The average Bonchev–Trinajstić information content (AvgIpc) is 2.32. The van der Waals surface area contributed by atoms with Crippen LogP contribution in [0.15, 0.2) is 18.2 Å². The van der Waals surface area contributed by atoms with Crippen LogP contribution < -0.4 is 5.73 Å². The third kappa shape index (κ3) is 3.51. The first-order chi connectivity index (χ1) is 7.97. The molecule has 2 N–H and O–H groups in total. The van der Waals surface area contributed by atoms with Crippen LogP contribution in [0.1, 0.15) is 25.8 Å². The van der Waals surface area contributed by atoms with Gasteiger partial charge in [0.1, 0.15) is 5.82 Å². The van der Waals surface area contributed by atoms with Gasteiger partial charge in [-0.2, -0.15) is 0 Å². The number of ketones is 1. The molecule has 0 bridgehead atoms. The van der Waals surface area contributed by atoms with Gasteiger partial charge < -0.3 is 5.73 Å². The van der Waals surface area contributed by atoms with Gasteiger partial charge in [0.25, 0.3) is 0 Å². The first-order valence-electron chi connectivity index (χ1n) is 5.68. The molecular formula is C13H17ClFNO. The van der Waals surface area contributed by atoms with Crippen molar-refractivity contribution in [3.05, 3.63) is 34.6 Å². The van der Waals surface area contributed by atoms with Gasteiger partial charge in [-0.15, -0.1) is 0 Å². The molecule has 0 radical (unpaired) electrons. The Balaban J connectivity index is 2.78. The molecule has 0 fully saturated rings. The molecule has 0 aliphatic carbocycles. The summed E-state index contributed by atoms with van der Waals surface area (Å²) in [5, 5.41) is 0.0346. The Hall–Kier alpha value is -0.930. The highest BCUT2D eigenvalue weighted by Gasteiger charge is 2.21. The van der Waals surface area contributed by atoms with Gasteiger partial charge in [0.05, 0.1) is 11.1 Å². The van der Waals surface area contributed by atoms with Crippen LogP contribution in [0.25, 0.3) is 0 Å². The standard InChI is InChI=1S/C13H17ClFNO/c1-3-8(2)13(16)11(17)7-9-5-4-6-10(14)12(9)15/h4-6,8,13H,3,7,16H2,1-2H3. The molecule has 0 heterocycles. The third-order valence-corrected chi connectivity index (χ3v) is 3.32. The van der Waals surface area contributed by atoms with E-state index in [-0.39, 0.29) is 23.1 Å². The van der Waals surface area contributed by atoms with Crippen molar-refractivity contribution in [3.8, 4) is 0 Å². The Kier molecular flexibility index (Phi) is 5.09. The summed E-state index contributed by atoms with van der Waals surface area (Å²) in [6.07, 6.45) is 0.822. The summed E-state index contributed by atoms with van der Waals surface area (Å²) < 4.78 is 13.6. The minimum atomic E-state index is -0.543. The van der Waals surface area contributed by atoms with E-state index in [4.69, 9.17) is 17.3 Å². The van der Waals surface area contributed by atoms with Gasteiger partial charge in [0.2, 0.25) is 0 Å². The molecule has 2 unspecified atom stereocenters. The molecule has 0 aliphatic rings. The molecule has 17 heavy (non-hydrogen) atoms. The molecule has 0 saturated heterocycles. The van der Waals surface area contributed by atoms with Gasteiger partial charge in [-0.1, -0.05) is 44.0 Å². The molecule has 1 aromatic rings. The highest BCUT2D eigenvalue weighted by Crippen LogP contribution is 2.19. The summed E-state index contributed by atoms with van der Waals surface area (Å²) in [6.45, 7) is 3.88. The Morgan fingerprint density at radius 1 is 1.53 bits per heavy atom. The van der Waals surface area contributed by atoms with Crippen LogP contribution in [0, 0.1) is 11.7 Å². The second kappa shape index (κ2) is 6.12. The van der Waals surface area contributed by atoms with Gasteiger partial charge in [0, 0.05) is 6.42 Å². The SMILES string of the molecule is CCC(C)C(N)C(=O)Cc1cccc(Cl)c1F. The zero-order valence-corrected chi connectivity index (χ0v) is 10.8.